The summed E-state index contributed by atoms with van der Waals surface area (Å²) in [6, 6.07) is 4.13. The fourth-order valence-corrected chi connectivity index (χ4v) is 1.84. The highest BCUT2D eigenvalue weighted by Crippen LogP contribution is 2.30. The summed E-state index contributed by atoms with van der Waals surface area (Å²) >= 11 is 0. The van der Waals surface area contributed by atoms with Crippen LogP contribution >= 0.6 is 0 Å². The average molecular weight is 260 g/mol. The summed E-state index contributed by atoms with van der Waals surface area (Å²) < 4.78 is 11.1. The van der Waals surface area contributed by atoms with Crippen LogP contribution in [0.4, 0.5) is 0 Å². The predicted octanol–water partition coefficient (Wildman–Crippen LogP) is 3.50. The fraction of sp³-hybridized carbons (Fsp3) is 0.400. The van der Waals surface area contributed by atoms with E-state index in [0.717, 1.165) is 29.1 Å². The SMILES string of the molecule is CCNCc1coc(Oc2c(C)ccc(C)c2C)n1. The zero-order chi connectivity index (χ0) is 13.8. The van der Waals surface area contributed by atoms with Gasteiger partial charge in [-0.15, -0.1) is 0 Å². The van der Waals surface area contributed by atoms with Crippen LogP contribution in [0.3, 0.4) is 0 Å². The number of oxazole rings is 1. The van der Waals surface area contributed by atoms with Gasteiger partial charge in [-0.2, -0.15) is 4.98 Å². The number of hydrogen-bond donors (Lipinski definition) is 1. The number of nitrogens with zero attached hydrogens (tertiary/aromatic N) is 1. The average Bonchev–Trinajstić information content (AvgIpc) is 2.84. The zero-order valence-electron chi connectivity index (χ0n) is 11.9. The van der Waals surface area contributed by atoms with Gasteiger partial charge in [0.15, 0.2) is 0 Å². The Morgan fingerprint density at radius 1 is 1.21 bits per heavy atom. The van der Waals surface area contributed by atoms with Crippen LogP contribution in [0.15, 0.2) is 22.8 Å². The summed E-state index contributed by atoms with van der Waals surface area (Å²) in [5, 5.41) is 3.20. The number of aromatic nitrogens is 1. The summed E-state index contributed by atoms with van der Waals surface area (Å²) in [7, 11) is 0. The number of hydrogen-bond acceptors (Lipinski definition) is 4. The Hall–Kier alpha value is -1.81. The minimum Gasteiger partial charge on any atom is -0.417 e. The third-order valence-corrected chi connectivity index (χ3v) is 3.15. The maximum atomic E-state index is 5.78. The van der Waals surface area contributed by atoms with E-state index in [1.165, 1.54) is 5.56 Å². The van der Waals surface area contributed by atoms with Gasteiger partial charge in [-0.25, -0.2) is 0 Å². The molecule has 1 aromatic heterocycles. The Labute approximate surface area is 113 Å². The molecule has 0 aliphatic heterocycles. The lowest BCUT2D eigenvalue weighted by atomic mass is 10.1. The molecular weight excluding hydrogens is 240 g/mol. The summed E-state index contributed by atoms with van der Waals surface area (Å²) in [6.07, 6.45) is 1.92. The number of ether oxygens (including phenoxy) is 1. The largest absolute Gasteiger partial charge is 0.417 e. The molecule has 0 radical (unpaired) electrons. The van der Waals surface area contributed by atoms with E-state index in [9.17, 15) is 0 Å². The summed E-state index contributed by atoms with van der Waals surface area (Å²) in [5.41, 5.74) is 4.24. The van der Waals surface area contributed by atoms with E-state index >= 15 is 0 Å². The molecule has 1 heterocycles. The van der Waals surface area contributed by atoms with Crippen LogP contribution in [-0.2, 0) is 6.54 Å². The fourth-order valence-electron chi connectivity index (χ4n) is 1.84. The highest BCUT2D eigenvalue weighted by atomic mass is 16.6. The molecular formula is C15H20N2O2. The van der Waals surface area contributed by atoms with Crippen molar-refractivity contribution in [1.29, 1.82) is 0 Å². The van der Waals surface area contributed by atoms with Gasteiger partial charge >= 0.3 is 6.08 Å². The Bertz CT molecular complexity index is 561. The number of aryl methyl sites for hydroxylation is 2. The highest BCUT2D eigenvalue weighted by molar-refractivity contribution is 5.45. The van der Waals surface area contributed by atoms with Gasteiger partial charge in [0.2, 0.25) is 0 Å². The van der Waals surface area contributed by atoms with Crippen molar-refractivity contribution in [2.45, 2.75) is 34.2 Å². The second-order valence-corrected chi connectivity index (χ2v) is 4.64. The normalized spacial score (nSPS) is 10.7. The number of nitrogens with one attached hydrogen (secondary N) is 1. The minimum absolute atomic E-state index is 0.296. The van der Waals surface area contributed by atoms with Gasteiger partial charge < -0.3 is 14.5 Å². The molecule has 1 aromatic carbocycles. The van der Waals surface area contributed by atoms with Crippen molar-refractivity contribution in [3.63, 3.8) is 0 Å². The summed E-state index contributed by atoms with van der Waals surface area (Å²) in [5.74, 6) is 0.830. The Kier molecular flexibility index (Phi) is 4.22. The topological polar surface area (TPSA) is 47.3 Å². The molecule has 1 N–H and O–H groups in total. The van der Waals surface area contributed by atoms with Crippen LogP contribution in [0.2, 0.25) is 0 Å². The first-order valence-corrected chi connectivity index (χ1v) is 6.51. The Morgan fingerprint density at radius 2 is 1.95 bits per heavy atom. The van der Waals surface area contributed by atoms with Gasteiger partial charge in [0.05, 0.1) is 5.69 Å². The molecule has 0 spiro atoms. The van der Waals surface area contributed by atoms with Crippen LogP contribution in [-0.4, -0.2) is 11.5 Å². The van der Waals surface area contributed by atoms with Gasteiger partial charge in [-0.3, -0.25) is 0 Å². The summed E-state index contributed by atoms with van der Waals surface area (Å²) in [4.78, 5) is 4.30. The van der Waals surface area contributed by atoms with E-state index in [0.29, 0.717) is 12.6 Å². The number of rotatable bonds is 5. The third-order valence-electron chi connectivity index (χ3n) is 3.15. The van der Waals surface area contributed by atoms with Gasteiger partial charge in [-0.1, -0.05) is 19.1 Å². The van der Waals surface area contributed by atoms with E-state index in [1.807, 2.05) is 19.9 Å². The summed E-state index contributed by atoms with van der Waals surface area (Å²) in [6.45, 7) is 9.77. The maximum absolute atomic E-state index is 5.78. The standard InChI is InChI=1S/C15H20N2O2/c1-5-16-8-13-9-18-15(17-13)19-14-11(3)7-6-10(2)12(14)4/h6-7,9,16H,5,8H2,1-4H3. The van der Waals surface area contributed by atoms with Gasteiger partial charge in [-0.05, 0) is 44.0 Å². The van der Waals surface area contributed by atoms with Crippen LogP contribution in [0, 0.1) is 20.8 Å². The van der Waals surface area contributed by atoms with Crippen molar-refractivity contribution in [3.05, 3.63) is 40.8 Å². The molecule has 2 aromatic rings. The maximum Gasteiger partial charge on any atom is 0.399 e. The van der Waals surface area contributed by atoms with Gasteiger partial charge in [0.25, 0.3) is 0 Å². The van der Waals surface area contributed by atoms with Crippen molar-refractivity contribution in [3.8, 4) is 11.8 Å². The first-order chi connectivity index (χ1) is 9.11. The molecule has 19 heavy (non-hydrogen) atoms. The van der Waals surface area contributed by atoms with Crippen LogP contribution in [0.1, 0.15) is 29.3 Å². The Balaban J connectivity index is 2.17. The second kappa shape index (κ2) is 5.89. The monoisotopic (exact) mass is 260 g/mol. The molecule has 0 bridgehead atoms. The van der Waals surface area contributed by atoms with E-state index < -0.39 is 0 Å². The van der Waals surface area contributed by atoms with E-state index in [1.54, 1.807) is 6.26 Å². The molecule has 0 atom stereocenters. The molecule has 4 nitrogen and oxygen atoms in total. The molecule has 0 aliphatic rings. The number of benzene rings is 1. The quantitative estimate of drug-likeness (QED) is 0.893. The van der Waals surface area contributed by atoms with Crippen molar-refractivity contribution < 1.29 is 9.15 Å². The molecule has 0 amide bonds. The van der Waals surface area contributed by atoms with Crippen LogP contribution < -0.4 is 10.1 Å². The van der Waals surface area contributed by atoms with Crippen LogP contribution in [0.5, 0.6) is 11.8 Å². The van der Waals surface area contributed by atoms with Crippen molar-refractivity contribution >= 4 is 0 Å². The first kappa shape index (κ1) is 13.6. The Morgan fingerprint density at radius 3 is 2.68 bits per heavy atom. The van der Waals surface area contributed by atoms with E-state index in [4.69, 9.17) is 9.15 Å². The first-order valence-electron chi connectivity index (χ1n) is 6.51. The van der Waals surface area contributed by atoms with Gasteiger partial charge in [0.1, 0.15) is 12.0 Å². The predicted molar refractivity (Wildman–Crippen MR) is 74.6 cm³/mol. The van der Waals surface area contributed by atoms with E-state index in [2.05, 4.69) is 30.2 Å². The molecule has 0 aliphatic carbocycles. The third kappa shape index (κ3) is 3.15. The molecule has 0 saturated carbocycles. The molecule has 0 saturated heterocycles. The lowest BCUT2D eigenvalue weighted by Gasteiger charge is -2.10. The molecule has 0 unspecified atom stereocenters. The molecule has 4 heteroatoms. The molecule has 0 fully saturated rings. The minimum atomic E-state index is 0.296. The second-order valence-electron chi connectivity index (χ2n) is 4.64. The van der Waals surface area contributed by atoms with Crippen LogP contribution in [0.25, 0.3) is 0 Å². The smallest absolute Gasteiger partial charge is 0.399 e. The lowest BCUT2D eigenvalue weighted by molar-refractivity contribution is 0.327. The van der Waals surface area contributed by atoms with Crippen molar-refractivity contribution in [1.82, 2.24) is 10.3 Å². The van der Waals surface area contributed by atoms with Crippen molar-refractivity contribution in [2.75, 3.05) is 6.54 Å². The molecule has 102 valence electrons. The zero-order valence-corrected chi connectivity index (χ0v) is 11.9. The molecule has 2 rings (SSSR count). The van der Waals surface area contributed by atoms with E-state index in [-0.39, 0.29) is 0 Å². The highest BCUT2D eigenvalue weighted by Gasteiger charge is 2.11. The van der Waals surface area contributed by atoms with Gasteiger partial charge in [0, 0.05) is 6.54 Å². The van der Waals surface area contributed by atoms with Crippen molar-refractivity contribution in [2.24, 2.45) is 0 Å². The lowest BCUT2D eigenvalue weighted by Crippen LogP contribution is -2.11.